The van der Waals surface area contributed by atoms with Crippen LogP contribution in [0.5, 0.6) is 0 Å². The molecule has 0 aliphatic rings. The molecule has 0 amide bonds. The molecule has 0 spiro atoms. The second kappa shape index (κ2) is 6.06. The zero-order valence-corrected chi connectivity index (χ0v) is 11.1. The van der Waals surface area contributed by atoms with Crippen LogP contribution in [0.25, 0.3) is 0 Å². The minimum Gasteiger partial charge on any atom is -0.320 e. The third-order valence-corrected chi connectivity index (χ3v) is 3.21. The number of rotatable bonds is 2. The van der Waals surface area contributed by atoms with Crippen molar-refractivity contribution in [2.75, 3.05) is 0 Å². The van der Waals surface area contributed by atoms with Gasteiger partial charge in [0.25, 0.3) is 0 Å². The largest absolute Gasteiger partial charge is 0.320 e. The molecule has 0 saturated heterocycles. The summed E-state index contributed by atoms with van der Waals surface area (Å²) in [4.78, 5) is 0. The molecule has 0 saturated carbocycles. The predicted molar refractivity (Wildman–Crippen MR) is 75.9 cm³/mol. The highest BCUT2D eigenvalue weighted by atomic mass is 35.5. The second-order valence-corrected chi connectivity index (χ2v) is 4.25. The molecule has 2 N–H and O–H groups in total. The van der Waals surface area contributed by atoms with Crippen LogP contribution in [0.3, 0.4) is 0 Å². The summed E-state index contributed by atoms with van der Waals surface area (Å²) in [6.07, 6.45) is 0. The maximum atomic E-state index is 6.23. The minimum absolute atomic E-state index is 0. The van der Waals surface area contributed by atoms with Crippen molar-refractivity contribution in [3.8, 4) is 0 Å². The average molecular weight is 268 g/mol. The van der Waals surface area contributed by atoms with E-state index in [0.717, 1.165) is 21.7 Å². The van der Waals surface area contributed by atoms with Crippen LogP contribution < -0.4 is 5.73 Å². The van der Waals surface area contributed by atoms with Gasteiger partial charge < -0.3 is 5.73 Å². The van der Waals surface area contributed by atoms with Gasteiger partial charge in [0.1, 0.15) is 0 Å². The molecular formula is C14H15Cl2N. The van der Waals surface area contributed by atoms with E-state index in [1.54, 1.807) is 0 Å². The lowest BCUT2D eigenvalue weighted by Crippen LogP contribution is -2.13. The van der Waals surface area contributed by atoms with Crippen LogP contribution in [0.15, 0.2) is 48.5 Å². The molecule has 1 unspecified atom stereocenters. The molecule has 90 valence electrons. The van der Waals surface area contributed by atoms with Gasteiger partial charge in [-0.25, -0.2) is 0 Å². The van der Waals surface area contributed by atoms with Crippen LogP contribution >= 0.6 is 24.0 Å². The Kier molecular flexibility index (Phi) is 5.01. The van der Waals surface area contributed by atoms with Gasteiger partial charge in [-0.05, 0) is 29.7 Å². The summed E-state index contributed by atoms with van der Waals surface area (Å²) in [7, 11) is 0. The standard InChI is InChI=1S/C14H14ClN.ClH/c1-10-12(8-5-9-13(10)15)14(16)11-6-3-2-4-7-11;/h2-9,14H,16H2,1H3;1H. The van der Waals surface area contributed by atoms with E-state index in [2.05, 4.69) is 0 Å². The van der Waals surface area contributed by atoms with Crippen molar-refractivity contribution < 1.29 is 0 Å². The van der Waals surface area contributed by atoms with E-state index >= 15 is 0 Å². The van der Waals surface area contributed by atoms with Crippen molar-refractivity contribution >= 4 is 24.0 Å². The summed E-state index contributed by atoms with van der Waals surface area (Å²) < 4.78 is 0. The zero-order valence-electron chi connectivity index (χ0n) is 9.56. The molecule has 2 aromatic rings. The van der Waals surface area contributed by atoms with Crippen LogP contribution in [0, 0.1) is 6.92 Å². The van der Waals surface area contributed by atoms with Gasteiger partial charge in [0.05, 0.1) is 6.04 Å². The first-order chi connectivity index (χ1) is 7.70. The van der Waals surface area contributed by atoms with E-state index < -0.39 is 0 Å². The van der Waals surface area contributed by atoms with E-state index in [1.807, 2.05) is 55.5 Å². The van der Waals surface area contributed by atoms with Crippen molar-refractivity contribution in [1.29, 1.82) is 0 Å². The van der Waals surface area contributed by atoms with Crippen LogP contribution in [0.1, 0.15) is 22.7 Å². The first kappa shape index (κ1) is 14.0. The van der Waals surface area contributed by atoms with E-state index in [9.17, 15) is 0 Å². The van der Waals surface area contributed by atoms with Gasteiger partial charge in [0.15, 0.2) is 0 Å². The summed E-state index contributed by atoms with van der Waals surface area (Å²) >= 11 is 6.09. The summed E-state index contributed by atoms with van der Waals surface area (Å²) in [6, 6.07) is 15.8. The molecule has 0 aromatic heterocycles. The van der Waals surface area contributed by atoms with Crippen molar-refractivity contribution in [2.45, 2.75) is 13.0 Å². The molecular weight excluding hydrogens is 253 g/mol. The third kappa shape index (κ3) is 3.01. The normalized spacial score (nSPS) is 11.7. The molecule has 0 heterocycles. The lowest BCUT2D eigenvalue weighted by Gasteiger charge is -2.15. The van der Waals surface area contributed by atoms with Crippen LogP contribution in [0.4, 0.5) is 0 Å². The summed E-state index contributed by atoms with van der Waals surface area (Å²) in [5, 5.41) is 0.767. The number of halogens is 2. The first-order valence-corrected chi connectivity index (χ1v) is 5.63. The second-order valence-electron chi connectivity index (χ2n) is 3.84. The van der Waals surface area contributed by atoms with Gasteiger partial charge in [-0.1, -0.05) is 54.1 Å². The summed E-state index contributed by atoms with van der Waals surface area (Å²) in [5.41, 5.74) is 9.47. The van der Waals surface area contributed by atoms with Gasteiger partial charge in [-0.15, -0.1) is 12.4 Å². The Morgan fingerprint density at radius 3 is 2.29 bits per heavy atom. The molecule has 0 fully saturated rings. The van der Waals surface area contributed by atoms with E-state index in [-0.39, 0.29) is 18.4 Å². The van der Waals surface area contributed by atoms with Crippen molar-refractivity contribution in [3.05, 3.63) is 70.2 Å². The Morgan fingerprint density at radius 2 is 1.65 bits per heavy atom. The first-order valence-electron chi connectivity index (χ1n) is 5.25. The molecule has 0 radical (unpaired) electrons. The van der Waals surface area contributed by atoms with Gasteiger partial charge in [0, 0.05) is 5.02 Å². The van der Waals surface area contributed by atoms with Crippen LogP contribution in [0.2, 0.25) is 5.02 Å². The van der Waals surface area contributed by atoms with E-state index in [4.69, 9.17) is 17.3 Å². The van der Waals surface area contributed by atoms with Gasteiger partial charge >= 0.3 is 0 Å². The molecule has 2 aromatic carbocycles. The fraction of sp³-hybridized carbons (Fsp3) is 0.143. The van der Waals surface area contributed by atoms with Crippen molar-refractivity contribution in [3.63, 3.8) is 0 Å². The van der Waals surface area contributed by atoms with E-state index in [0.29, 0.717) is 0 Å². The van der Waals surface area contributed by atoms with E-state index in [1.165, 1.54) is 0 Å². The quantitative estimate of drug-likeness (QED) is 0.871. The maximum Gasteiger partial charge on any atom is 0.0554 e. The van der Waals surface area contributed by atoms with Gasteiger partial charge in [0.2, 0.25) is 0 Å². The summed E-state index contributed by atoms with van der Waals surface area (Å²) in [6.45, 7) is 2.00. The maximum absolute atomic E-state index is 6.23. The number of nitrogens with two attached hydrogens (primary N) is 1. The number of benzene rings is 2. The summed E-state index contributed by atoms with van der Waals surface area (Å²) in [5.74, 6) is 0. The molecule has 0 bridgehead atoms. The molecule has 17 heavy (non-hydrogen) atoms. The highest BCUT2D eigenvalue weighted by molar-refractivity contribution is 6.31. The topological polar surface area (TPSA) is 26.0 Å². The fourth-order valence-electron chi connectivity index (χ4n) is 1.80. The SMILES string of the molecule is Cc1c(Cl)cccc1C(N)c1ccccc1.Cl. The van der Waals surface area contributed by atoms with Gasteiger partial charge in [-0.3, -0.25) is 0 Å². The molecule has 1 nitrogen and oxygen atoms in total. The Labute approximate surface area is 113 Å². The molecule has 1 atom stereocenters. The highest BCUT2D eigenvalue weighted by Crippen LogP contribution is 2.26. The van der Waals surface area contributed by atoms with Crippen LogP contribution in [-0.4, -0.2) is 0 Å². The molecule has 2 rings (SSSR count). The van der Waals surface area contributed by atoms with Crippen LogP contribution in [-0.2, 0) is 0 Å². The fourth-order valence-corrected chi connectivity index (χ4v) is 1.98. The number of hydrogen-bond donors (Lipinski definition) is 1. The molecule has 0 aliphatic carbocycles. The lowest BCUT2D eigenvalue weighted by molar-refractivity contribution is 0.862. The van der Waals surface area contributed by atoms with Gasteiger partial charge in [-0.2, -0.15) is 0 Å². The van der Waals surface area contributed by atoms with Crippen molar-refractivity contribution in [2.24, 2.45) is 5.73 Å². The minimum atomic E-state index is -0.111. The third-order valence-electron chi connectivity index (χ3n) is 2.80. The average Bonchev–Trinajstić information content (AvgIpc) is 2.33. The Bertz CT molecular complexity index is 483. The lowest BCUT2D eigenvalue weighted by atomic mass is 9.96. The number of hydrogen-bond acceptors (Lipinski definition) is 1. The molecule has 3 heteroatoms. The Hall–Kier alpha value is -1.02. The Morgan fingerprint density at radius 1 is 1.00 bits per heavy atom. The molecule has 0 aliphatic heterocycles. The highest BCUT2D eigenvalue weighted by Gasteiger charge is 2.12. The van der Waals surface area contributed by atoms with Crippen molar-refractivity contribution in [1.82, 2.24) is 0 Å². The zero-order chi connectivity index (χ0) is 11.5. The monoisotopic (exact) mass is 267 g/mol. The smallest absolute Gasteiger partial charge is 0.0554 e. The Balaban J connectivity index is 0.00000144. The predicted octanol–water partition coefficient (Wildman–Crippen LogP) is 4.12.